The normalized spacial score (nSPS) is 18.5. The smallest absolute Gasteiger partial charge is 0.303 e. The topological polar surface area (TPSA) is 60.4 Å². The summed E-state index contributed by atoms with van der Waals surface area (Å²) in [4.78, 5) is 10.7. The molecule has 2 rings (SSSR count). The summed E-state index contributed by atoms with van der Waals surface area (Å²) in [6.45, 7) is 1.25. The van der Waals surface area contributed by atoms with E-state index in [1.165, 1.54) is 13.0 Å². The van der Waals surface area contributed by atoms with Crippen LogP contribution >= 0.6 is 10.7 Å². The number of esters is 1. The molecule has 0 saturated heterocycles. The van der Waals surface area contributed by atoms with E-state index in [2.05, 4.69) is 0 Å². The highest BCUT2D eigenvalue weighted by molar-refractivity contribution is 8.13. The van der Waals surface area contributed by atoms with E-state index in [0.717, 1.165) is 6.07 Å². The minimum Gasteiger partial charge on any atom is -0.458 e. The molecule has 0 saturated carbocycles. The monoisotopic (exact) mass is 292 g/mol. The van der Waals surface area contributed by atoms with Gasteiger partial charge in [-0.15, -0.1) is 0 Å². The summed E-state index contributed by atoms with van der Waals surface area (Å²) < 4.78 is 41.1. The first-order chi connectivity index (χ1) is 8.29. The Labute approximate surface area is 108 Å². The Hall–Kier alpha value is -1.14. The summed E-state index contributed by atoms with van der Waals surface area (Å²) in [6, 6.07) is 2.07. The van der Waals surface area contributed by atoms with E-state index in [1.807, 2.05) is 0 Å². The van der Waals surface area contributed by atoms with Crippen molar-refractivity contribution in [1.29, 1.82) is 0 Å². The molecule has 1 aliphatic carbocycles. The van der Waals surface area contributed by atoms with Crippen LogP contribution in [0.5, 0.6) is 0 Å². The van der Waals surface area contributed by atoms with Crippen molar-refractivity contribution in [2.24, 2.45) is 0 Å². The number of ether oxygens (including phenoxy) is 1. The molecule has 0 heterocycles. The quantitative estimate of drug-likeness (QED) is 0.620. The number of carbonyl (C=O) groups excluding carboxylic acids is 1. The molecule has 18 heavy (non-hydrogen) atoms. The fraction of sp³-hybridized carbons (Fsp3) is 0.364. The van der Waals surface area contributed by atoms with Crippen LogP contribution in [0.1, 0.15) is 30.6 Å². The lowest BCUT2D eigenvalue weighted by Crippen LogP contribution is -2.06. The summed E-state index contributed by atoms with van der Waals surface area (Å²) in [6.07, 6.45) is 0.206. The van der Waals surface area contributed by atoms with Gasteiger partial charge in [0.1, 0.15) is 11.9 Å². The second-order valence-corrected chi connectivity index (χ2v) is 6.58. The molecule has 0 spiro atoms. The minimum absolute atomic E-state index is 0.242. The van der Waals surface area contributed by atoms with Crippen molar-refractivity contribution in [1.82, 2.24) is 0 Å². The molecule has 1 unspecified atom stereocenters. The molecule has 1 aliphatic rings. The fourth-order valence-corrected chi connectivity index (χ4v) is 3.34. The average molecular weight is 293 g/mol. The largest absolute Gasteiger partial charge is 0.458 e. The van der Waals surface area contributed by atoms with E-state index in [4.69, 9.17) is 15.4 Å². The summed E-state index contributed by atoms with van der Waals surface area (Å²) in [7, 11) is 1.25. The van der Waals surface area contributed by atoms with Crippen LogP contribution < -0.4 is 0 Å². The van der Waals surface area contributed by atoms with Gasteiger partial charge in [0.05, 0.1) is 4.90 Å². The first-order valence-corrected chi connectivity index (χ1v) is 7.54. The van der Waals surface area contributed by atoms with Crippen LogP contribution in [-0.4, -0.2) is 14.4 Å². The molecular formula is C11H10ClFO4S. The predicted molar refractivity (Wildman–Crippen MR) is 62.3 cm³/mol. The van der Waals surface area contributed by atoms with Crippen molar-refractivity contribution in [2.75, 3.05) is 0 Å². The van der Waals surface area contributed by atoms with Gasteiger partial charge in [-0.25, -0.2) is 12.8 Å². The maximum atomic E-state index is 13.4. The summed E-state index contributed by atoms with van der Waals surface area (Å²) in [5, 5.41) is 0. The molecule has 98 valence electrons. The predicted octanol–water partition coefficient (Wildman–Crippen LogP) is 2.30. The molecule has 0 radical (unpaired) electrons. The van der Waals surface area contributed by atoms with Gasteiger partial charge in [-0.1, -0.05) is 0 Å². The van der Waals surface area contributed by atoms with Crippen molar-refractivity contribution in [3.8, 4) is 0 Å². The number of benzene rings is 1. The zero-order valence-corrected chi connectivity index (χ0v) is 11.0. The molecule has 4 nitrogen and oxygen atoms in total. The lowest BCUT2D eigenvalue weighted by Gasteiger charge is -2.12. The molecule has 7 heteroatoms. The average Bonchev–Trinajstić information content (AvgIpc) is 2.58. The first-order valence-electron chi connectivity index (χ1n) is 5.23. The van der Waals surface area contributed by atoms with Gasteiger partial charge in [0.25, 0.3) is 9.05 Å². The van der Waals surface area contributed by atoms with E-state index >= 15 is 0 Å². The Morgan fingerprint density at radius 1 is 1.50 bits per heavy atom. The molecule has 0 aliphatic heterocycles. The molecule has 0 bridgehead atoms. The Kier molecular flexibility index (Phi) is 3.33. The van der Waals surface area contributed by atoms with Crippen molar-refractivity contribution < 1.29 is 22.3 Å². The summed E-state index contributed by atoms with van der Waals surface area (Å²) in [5.41, 5.74) is 0.807. The number of fused-ring (bicyclic) bond motifs is 1. The molecular weight excluding hydrogens is 283 g/mol. The van der Waals surface area contributed by atoms with Crippen LogP contribution in [0.4, 0.5) is 4.39 Å². The van der Waals surface area contributed by atoms with Crippen molar-refractivity contribution >= 4 is 25.7 Å². The maximum Gasteiger partial charge on any atom is 0.303 e. The van der Waals surface area contributed by atoms with Gasteiger partial charge in [-0.2, -0.15) is 0 Å². The molecule has 0 fully saturated rings. The number of hydrogen-bond donors (Lipinski definition) is 0. The van der Waals surface area contributed by atoms with Gasteiger partial charge < -0.3 is 4.74 Å². The van der Waals surface area contributed by atoms with Crippen LogP contribution in [0.25, 0.3) is 0 Å². The Bertz CT molecular complexity index is 612. The zero-order chi connectivity index (χ0) is 13.5. The second kappa shape index (κ2) is 4.51. The third-order valence-corrected chi connectivity index (χ3v) is 4.17. The standard InChI is InChI=1S/C11H10ClFO4S/c1-6(14)17-10-3-2-8-9(10)4-7(13)5-11(8)18(12,15)16/h4-5,10H,2-3H2,1H3. The van der Waals surface area contributed by atoms with Crippen LogP contribution in [0.2, 0.25) is 0 Å². The highest BCUT2D eigenvalue weighted by Crippen LogP contribution is 2.39. The molecule has 0 N–H and O–H groups in total. The number of rotatable bonds is 2. The van der Waals surface area contributed by atoms with Gasteiger partial charge in [0.2, 0.25) is 0 Å². The van der Waals surface area contributed by atoms with Gasteiger partial charge >= 0.3 is 5.97 Å². The summed E-state index contributed by atoms with van der Waals surface area (Å²) in [5.74, 6) is -1.21. The van der Waals surface area contributed by atoms with Gasteiger partial charge in [-0.05, 0) is 36.1 Å². The Morgan fingerprint density at radius 3 is 2.72 bits per heavy atom. The van der Waals surface area contributed by atoms with Crippen molar-refractivity contribution in [3.63, 3.8) is 0 Å². The minimum atomic E-state index is -4.01. The Balaban J connectivity index is 2.55. The fourth-order valence-electron chi connectivity index (χ4n) is 2.16. The van der Waals surface area contributed by atoms with Gasteiger partial charge in [-0.3, -0.25) is 4.79 Å². The molecule has 1 atom stereocenters. The van der Waals surface area contributed by atoms with Crippen LogP contribution in [-0.2, 0) is 25.0 Å². The SMILES string of the molecule is CC(=O)OC1CCc2c1cc(F)cc2S(=O)(=O)Cl. The van der Waals surface area contributed by atoms with Crippen LogP contribution in [0.15, 0.2) is 17.0 Å². The van der Waals surface area contributed by atoms with E-state index in [1.54, 1.807) is 0 Å². The highest BCUT2D eigenvalue weighted by Gasteiger charge is 2.31. The third-order valence-electron chi connectivity index (χ3n) is 2.78. The van der Waals surface area contributed by atoms with Crippen molar-refractivity contribution in [3.05, 3.63) is 29.1 Å². The lowest BCUT2D eigenvalue weighted by atomic mass is 10.1. The van der Waals surface area contributed by atoms with Crippen molar-refractivity contribution in [2.45, 2.75) is 30.8 Å². The van der Waals surface area contributed by atoms with E-state index in [9.17, 15) is 17.6 Å². The Morgan fingerprint density at radius 2 is 2.17 bits per heavy atom. The van der Waals surface area contributed by atoms with E-state index < -0.39 is 26.9 Å². The van der Waals surface area contributed by atoms with Gasteiger partial charge in [0, 0.05) is 17.6 Å². The lowest BCUT2D eigenvalue weighted by molar-refractivity contribution is -0.146. The first kappa shape index (κ1) is 13.3. The van der Waals surface area contributed by atoms with Gasteiger partial charge in [0.15, 0.2) is 0 Å². The number of carbonyl (C=O) groups is 1. The number of halogens is 2. The molecule has 0 aromatic heterocycles. The molecule has 0 amide bonds. The van der Waals surface area contributed by atoms with E-state index in [0.29, 0.717) is 24.0 Å². The number of hydrogen-bond acceptors (Lipinski definition) is 4. The molecule has 1 aromatic rings. The third kappa shape index (κ3) is 2.49. The maximum absolute atomic E-state index is 13.4. The van der Waals surface area contributed by atoms with Crippen LogP contribution in [0, 0.1) is 5.82 Å². The highest BCUT2D eigenvalue weighted by atomic mass is 35.7. The zero-order valence-electron chi connectivity index (χ0n) is 9.44. The second-order valence-electron chi connectivity index (χ2n) is 4.05. The molecule has 1 aromatic carbocycles. The van der Waals surface area contributed by atoms with Crippen LogP contribution in [0.3, 0.4) is 0 Å². The van der Waals surface area contributed by atoms with E-state index in [-0.39, 0.29) is 4.90 Å². The summed E-state index contributed by atoms with van der Waals surface area (Å²) >= 11 is 0.